The molecule has 3 heterocycles. The van der Waals surface area contributed by atoms with Gasteiger partial charge in [0.2, 0.25) is 5.88 Å². The molecule has 0 bridgehead atoms. The largest absolute Gasteiger partial charge is 0.493 e. The Hall–Kier alpha value is -2.05. The number of piperidine rings is 1. The van der Waals surface area contributed by atoms with E-state index in [0.29, 0.717) is 37.7 Å². The maximum absolute atomic E-state index is 13.1. The van der Waals surface area contributed by atoms with Crippen LogP contribution in [0.4, 0.5) is 13.2 Å². The number of alkyl halides is 3. The lowest BCUT2D eigenvalue weighted by molar-refractivity contribution is -0.428. The summed E-state index contributed by atoms with van der Waals surface area (Å²) < 4.78 is 51.0. The van der Waals surface area contributed by atoms with E-state index in [1.165, 1.54) is 0 Å². The first-order valence-electron chi connectivity index (χ1n) is 9.00. The second-order valence-electron chi connectivity index (χ2n) is 7.25. The van der Waals surface area contributed by atoms with Crippen molar-refractivity contribution in [1.29, 1.82) is 0 Å². The molecule has 2 saturated heterocycles. The topological polar surface area (TPSA) is 97.4 Å². The molecule has 29 heavy (non-hydrogen) atoms. The number of thioether (sulfide) groups is 1. The number of rotatable bonds is 1. The number of halogens is 3. The summed E-state index contributed by atoms with van der Waals surface area (Å²) in [7, 11) is 0. The fourth-order valence-electron chi connectivity index (χ4n) is 3.72. The van der Waals surface area contributed by atoms with Gasteiger partial charge in [0, 0.05) is 31.5 Å². The van der Waals surface area contributed by atoms with Crippen molar-refractivity contribution in [2.24, 2.45) is 4.99 Å². The van der Waals surface area contributed by atoms with Gasteiger partial charge in [-0.3, -0.25) is 10.1 Å². The molecule has 1 atom stereocenters. The number of nitrogens with zero attached hydrogens (tertiary/aromatic N) is 3. The van der Waals surface area contributed by atoms with E-state index in [1.807, 2.05) is 11.8 Å². The fraction of sp³-hybridized carbons (Fsp3) is 0.588. The zero-order chi connectivity index (χ0) is 21.0. The molecule has 0 aromatic carbocycles. The summed E-state index contributed by atoms with van der Waals surface area (Å²) in [6, 6.07) is 0. The van der Waals surface area contributed by atoms with Gasteiger partial charge in [-0.25, -0.2) is 0 Å². The highest BCUT2D eigenvalue weighted by Gasteiger charge is 2.45. The highest BCUT2D eigenvalue weighted by molar-refractivity contribution is 8.17. The summed E-state index contributed by atoms with van der Waals surface area (Å²) in [5, 5.41) is 22.0. The van der Waals surface area contributed by atoms with Crippen molar-refractivity contribution in [3.63, 3.8) is 0 Å². The molecule has 2 fully saturated rings. The molecule has 0 amide bonds. The predicted octanol–water partition coefficient (Wildman–Crippen LogP) is 3.47. The minimum Gasteiger partial charge on any atom is -0.493 e. The van der Waals surface area contributed by atoms with E-state index in [1.54, 1.807) is 0 Å². The molecule has 1 spiro atoms. The molecular weight excluding hydrogens is 415 g/mol. The Morgan fingerprint density at radius 2 is 2.10 bits per heavy atom. The Kier molecular flexibility index (Phi) is 4.90. The van der Waals surface area contributed by atoms with Crippen molar-refractivity contribution in [1.82, 2.24) is 4.90 Å². The number of aliphatic hydroxyl groups is 1. The average molecular weight is 433 g/mol. The van der Waals surface area contributed by atoms with Crippen molar-refractivity contribution in [3.05, 3.63) is 43.8 Å². The number of amidine groups is 1. The number of fused-ring (bicyclic) bond motifs is 1. The van der Waals surface area contributed by atoms with E-state index in [4.69, 9.17) is 9.47 Å². The standard InChI is InChI=1S/C17H18F3N3O5S/c1-9-8-27-16(28-9)2-4-22(5-3-16)15-21-14(24)11-6-10(17(18,19)20)7-12(23(25)26)13(11)29-15/h6,9,24H,2-5,7-8H2,1H3/t9-/m0/s1. The van der Waals surface area contributed by atoms with Crippen LogP contribution >= 0.6 is 11.8 Å². The number of allylic oxidation sites excluding steroid dienone is 3. The molecule has 1 aliphatic carbocycles. The molecule has 0 aromatic rings. The molecule has 12 heteroatoms. The van der Waals surface area contributed by atoms with E-state index >= 15 is 0 Å². The van der Waals surface area contributed by atoms with Crippen molar-refractivity contribution in [2.75, 3.05) is 19.7 Å². The lowest BCUT2D eigenvalue weighted by Crippen LogP contribution is -2.47. The van der Waals surface area contributed by atoms with Crippen LogP contribution in [-0.4, -0.2) is 57.9 Å². The monoisotopic (exact) mass is 433 g/mol. The summed E-state index contributed by atoms with van der Waals surface area (Å²) in [5.74, 6) is -1.31. The summed E-state index contributed by atoms with van der Waals surface area (Å²) in [6.07, 6.45) is -3.75. The zero-order valence-electron chi connectivity index (χ0n) is 15.4. The van der Waals surface area contributed by atoms with Gasteiger partial charge in [0.1, 0.15) is 4.91 Å². The number of hydrogen-bond acceptors (Lipinski definition) is 8. The number of likely N-dealkylation sites (tertiary alicyclic amines) is 1. The van der Waals surface area contributed by atoms with Gasteiger partial charge in [-0.15, -0.1) is 0 Å². The van der Waals surface area contributed by atoms with Gasteiger partial charge in [-0.2, -0.15) is 18.2 Å². The first-order valence-corrected chi connectivity index (χ1v) is 9.82. The molecule has 0 aromatic heterocycles. The van der Waals surface area contributed by atoms with Gasteiger partial charge in [0.25, 0.3) is 5.70 Å². The van der Waals surface area contributed by atoms with Crippen LogP contribution in [-0.2, 0) is 9.47 Å². The first-order chi connectivity index (χ1) is 13.6. The van der Waals surface area contributed by atoms with E-state index < -0.39 is 40.5 Å². The van der Waals surface area contributed by atoms with Gasteiger partial charge in [0.05, 0.1) is 29.6 Å². The Morgan fingerprint density at radius 1 is 1.41 bits per heavy atom. The molecule has 0 radical (unpaired) electrons. The van der Waals surface area contributed by atoms with Crippen LogP contribution in [0.1, 0.15) is 26.2 Å². The molecule has 0 unspecified atom stereocenters. The lowest BCUT2D eigenvalue weighted by Gasteiger charge is -2.39. The van der Waals surface area contributed by atoms with Crippen molar-refractivity contribution < 1.29 is 32.7 Å². The van der Waals surface area contributed by atoms with Crippen LogP contribution < -0.4 is 0 Å². The zero-order valence-corrected chi connectivity index (χ0v) is 16.2. The van der Waals surface area contributed by atoms with Crippen LogP contribution in [0.3, 0.4) is 0 Å². The summed E-state index contributed by atoms with van der Waals surface area (Å²) in [6.45, 7) is 3.39. The van der Waals surface area contributed by atoms with Gasteiger partial charge in [-0.1, -0.05) is 0 Å². The number of ether oxygens (including phenoxy) is 2. The Bertz CT molecular complexity index is 872. The maximum atomic E-state index is 13.1. The van der Waals surface area contributed by atoms with E-state index in [-0.39, 0.29) is 16.6 Å². The SMILES string of the molecule is C[C@H]1COC2(CCN(C3=NC(O)=C4C=C(C(F)(F)F)CC([N+](=O)[O-])=C4S3)CC2)O1. The third kappa shape index (κ3) is 3.76. The lowest BCUT2D eigenvalue weighted by atomic mass is 9.98. The molecule has 4 aliphatic rings. The number of nitro groups is 1. The van der Waals surface area contributed by atoms with E-state index in [2.05, 4.69) is 4.99 Å². The van der Waals surface area contributed by atoms with Crippen molar-refractivity contribution in [3.8, 4) is 0 Å². The Labute approximate surface area is 167 Å². The molecule has 1 N–H and O–H groups in total. The minimum atomic E-state index is -4.73. The van der Waals surface area contributed by atoms with Gasteiger partial charge >= 0.3 is 6.18 Å². The number of aliphatic hydroxyl groups excluding tert-OH is 1. The van der Waals surface area contributed by atoms with Crippen LogP contribution in [0, 0.1) is 10.1 Å². The third-order valence-corrected chi connectivity index (χ3v) is 6.39. The fourth-order valence-corrected chi connectivity index (χ4v) is 4.87. The average Bonchev–Trinajstić information content (AvgIpc) is 3.00. The molecular formula is C17H18F3N3O5S. The molecule has 158 valence electrons. The van der Waals surface area contributed by atoms with Crippen molar-refractivity contribution in [2.45, 2.75) is 44.3 Å². The minimum absolute atomic E-state index is 0.00198. The van der Waals surface area contributed by atoms with Crippen LogP contribution in [0.25, 0.3) is 0 Å². The molecule has 4 rings (SSSR count). The third-order valence-electron chi connectivity index (χ3n) is 5.20. The quantitative estimate of drug-likeness (QED) is 0.500. The molecule has 0 saturated carbocycles. The number of hydrogen-bond donors (Lipinski definition) is 1. The van der Waals surface area contributed by atoms with E-state index in [9.17, 15) is 28.4 Å². The van der Waals surface area contributed by atoms with Gasteiger partial charge < -0.3 is 19.5 Å². The van der Waals surface area contributed by atoms with Crippen LogP contribution in [0.5, 0.6) is 0 Å². The van der Waals surface area contributed by atoms with Gasteiger partial charge in [-0.05, 0) is 24.8 Å². The van der Waals surface area contributed by atoms with Crippen molar-refractivity contribution >= 4 is 16.9 Å². The van der Waals surface area contributed by atoms with E-state index in [0.717, 1.165) is 17.8 Å². The summed E-state index contributed by atoms with van der Waals surface area (Å²) >= 11 is 0.909. The van der Waals surface area contributed by atoms with Gasteiger partial charge in [0.15, 0.2) is 11.0 Å². The first kappa shape index (κ1) is 20.2. The molecule has 8 nitrogen and oxygen atoms in total. The summed E-state index contributed by atoms with van der Waals surface area (Å²) in [5.41, 5.74) is -1.95. The predicted molar refractivity (Wildman–Crippen MR) is 97.5 cm³/mol. The number of aliphatic imine (C=N–C) groups is 1. The molecule has 3 aliphatic heterocycles. The highest BCUT2D eigenvalue weighted by Crippen LogP contribution is 2.46. The summed E-state index contributed by atoms with van der Waals surface area (Å²) in [4.78, 5) is 16.4. The Morgan fingerprint density at radius 3 is 2.66 bits per heavy atom. The van der Waals surface area contributed by atoms with Crippen LogP contribution in [0.15, 0.2) is 38.7 Å². The smallest absolute Gasteiger partial charge is 0.413 e. The Balaban J connectivity index is 1.61. The maximum Gasteiger partial charge on any atom is 0.413 e. The normalized spacial score (nSPS) is 27.2. The second kappa shape index (κ2) is 7.03. The highest BCUT2D eigenvalue weighted by atomic mass is 32.2. The van der Waals surface area contributed by atoms with Crippen LogP contribution in [0.2, 0.25) is 0 Å². The second-order valence-corrected chi connectivity index (χ2v) is 8.23.